The highest BCUT2D eigenvalue weighted by molar-refractivity contribution is 5.96. The Morgan fingerprint density at radius 2 is 1.40 bits per heavy atom. The molecule has 0 aliphatic rings. The van der Waals surface area contributed by atoms with Crippen LogP contribution in [0.15, 0.2) is 91.0 Å². The van der Waals surface area contributed by atoms with Crippen LogP contribution in [0.1, 0.15) is 47.4 Å². The van der Waals surface area contributed by atoms with Gasteiger partial charge in [0, 0.05) is 24.6 Å². The van der Waals surface area contributed by atoms with Gasteiger partial charge >= 0.3 is 0 Å². The zero-order valence-electron chi connectivity index (χ0n) is 17.7. The number of nitrogens with zero attached hydrogens (tertiary/aromatic N) is 1. The number of aliphatic hydroxyl groups is 1. The predicted molar refractivity (Wildman–Crippen MR) is 123 cm³/mol. The van der Waals surface area contributed by atoms with Gasteiger partial charge in [-0.05, 0) is 37.4 Å². The van der Waals surface area contributed by atoms with E-state index in [9.17, 15) is 9.90 Å². The van der Waals surface area contributed by atoms with Gasteiger partial charge in [0.05, 0.1) is 6.10 Å². The summed E-state index contributed by atoms with van der Waals surface area (Å²) in [5, 5.41) is 10.9. The molecule has 30 heavy (non-hydrogen) atoms. The molecule has 1 N–H and O–H groups in total. The molecule has 3 rings (SSSR count). The molecule has 3 aromatic rings. The first-order chi connectivity index (χ1) is 14.6. The van der Waals surface area contributed by atoms with Crippen molar-refractivity contribution in [2.24, 2.45) is 0 Å². The van der Waals surface area contributed by atoms with Crippen LogP contribution in [0.2, 0.25) is 0 Å². The molecule has 2 atom stereocenters. The van der Waals surface area contributed by atoms with E-state index in [1.165, 1.54) is 5.56 Å². The van der Waals surface area contributed by atoms with Crippen LogP contribution in [-0.4, -0.2) is 34.9 Å². The standard InChI is InChI=1S/C27H31NO2/c1-22(27(30)25-17-9-4-10-18-25)28(20-11-14-23-12-5-2-6-13-23)21-19-26(29)24-15-7-3-8-16-24/h2-10,12-13,15-18,22,27,30H,11,14,19-21H2,1H3. The summed E-state index contributed by atoms with van der Waals surface area (Å²) < 4.78 is 0. The molecule has 0 radical (unpaired) electrons. The lowest BCUT2D eigenvalue weighted by Gasteiger charge is -2.32. The number of aliphatic hydroxyl groups excluding tert-OH is 1. The summed E-state index contributed by atoms with van der Waals surface area (Å²) in [5.74, 6) is 0.144. The zero-order chi connectivity index (χ0) is 21.2. The largest absolute Gasteiger partial charge is 0.387 e. The quantitative estimate of drug-likeness (QED) is 0.442. The van der Waals surface area contributed by atoms with E-state index in [2.05, 4.69) is 29.2 Å². The Hall–Kier alpha value is -2.75. The molecule has 0 spiro atoms. The lowest BCUT2D eigenvalue weighted by molar-refractivity contribution is 0.0546. The fourth-order valence-corrected chi connectivity index (χ4v) is 3.79. The van der Waals surface area contributed by atoms with Crippen LogP contribution in [0.3, 0.4) is 0 Å². The van der Waals surface area contributed by atoms with Crippen molar-refractivity contribution in [2.45, 2.75) is 38.3 Å². The van der Waals surface area contributed by atoms with E-state index >= 15 is 0 Å². The van der Waals surface area contributed by atoms with Gasteiger partial charge in [0.1, 0.15) is 0 Å². The maximum absolute atomic E-state index is 12.6. The lowest BCUT2D eigenvalue weighted by atomic mass is 10.0. The first kappa shape index (κ1) is 21.9. The Morgan fingerprint density at radius 3 is 2.03 bits per heavy atom. The van der Waals surface area contributed by atoms with Crippen molar-refractivity contribution in [1.82, 2.24) is 4.90 Å². The van der Waals surface area contributed by atoms with Gasteiger partial charge in [0.2, 0.25) is 0 Å². The fraction of sp³-hybridized carbons (Fsp3) is 0.296. The monoisotopic (exact) mass is 401 g/mol. The molecule has 0 saturated heterocycles. The average molecular weight is 402 g/mol. The summed E-state index contributed by atoms with van der Waals surface area (Å²) in [7, 11) is 0. The molecule has 0 heterocycles. The molecular weight excluding hydrogens is 370 g/mol. The number of carbonyl (C=O) groups excluding carboxylic acids is 1. The third kappa shape index (κ3) is 6.38. The topological polar surface area (TPSA) is 40.5 Å². The van der Waals surface area contributed by atoms with Gasteiger partial charge in [-0.3, -0.25) is 9.69 Å². The molecule has 3 aromatic carbocycles. The number of hydrogen-bond acceptors (Lipinski definition) is 3. The minimum Gasteiger partial charge on any atom is -0.387 e. The second kappa shape index (κ2) is 11.4. The van der Waals surface area contributed by atoms with Crippen LogP contribution in [0.5, 0.6) is 0 Å². The van der Waals surface area contributed by atoms with E-state index in [1.807, 2.05) is 73.7 Å². The van der Waals surface area contributed by atoms with Crippen molar-refractivity contribution in [3.8, 4) is 0 Å². The Morgan fingerprint density at radius 1 is 0.833 bits per heavy atom. The van der Waals surface area contributed by atoms with Crippen molar-refractivity contribution in [3.05, 3.63) is 108 Å². The molecular formula is C27H31NO2. The molecule has 3 heteroatoms. The van der Waals surface area contributed by atoms with Gasteiger partial charge in [0.25, 0.3) is 0 Å². The molecule has 3 nitrogen and oxygen atoms in total. The second-order valence-corrected chi connectivity index (χ2v) is 7.76. The van der Waals surface area contributed by atoms with Gasteiger partial charge in [-0.2, -0.15) is 0 Å². The van der Waals surface area contributed by atoms with Crippen molar-refractivity contribution in [2.75, 3.05) is 13.1 Å². The first-order valence-electron chi connectivity index (χ1n) is 10.7. The highest BCUT2D eigenvalue weighted by atomic mass is 16.3. The molecule has 0 aromatic heterocycles. The lowest BCUT2D eigenvalue weighted by Crippen LogP contribution is -2.39. The van der Waals surface area contributed by atoms with E-state index in [0.29, 0.717) is 13.0 Å². The number of aryl methyl sites for hydroxylation is 1. The Bertz CT molecular complexity index is 881. The van der Waals surface area contributed by atoms with E-state index in [4.69, 9.17) is 0 Å². The molecule has 0 fully saturated rings. The number of benzene rings is 3. The smallest absolute Gasteiger partial charge is 0.164 e. The van der Waals surface area contributed by atoms with Gasteiger partial charge in [-0.1, -0.05) is 91.0 Å². The van der Waals surface area contributed by atoms with E-state index in [1.54, 1.807) is 0 Å². The summed E-state index contributed by atoms with van der Waals surface area (Å²) >= 11 is 0. The summed E-state index contributed by atoms with van der Waals surface area (Å²) in [6, 6.07) is 29.6. The van der Waals surface area contributed by atoms with E-state index in [-0.39, 0.29) is 11.8 Å². The van der Waals surface area contributed by atoms with Crippen LogP contribution in [0.4, 0.5) is 0 Å². The average Bonchev–Trinajstić information content (AvgIpc) is 2.82. The molecule has 0 amide bonds. The number of carbonyl (C=O) groups is 1. The maximum atomic E-state index is 12.6. The van der Waals surface area contributed by atoms with Crippen LogP contribution < -0.4 is 0 Å². The Balaban J connectivity index is 1.64. The highest BCUT2D eigenvalue weighted by Gasteiger charge is 2.23. The predicted octanol–water partition coefficient (Wildman–Crippen LogP) is 5.32. The molecule has 0 bridgehead atoms. The molecule has 156 valence electrons. The molecule has 0 saturated carbocycles. The van der Waals surface area contributed by atoms with Gasteiger partial charge < -0.3 is 5.11 Å². The molecule has 0 aliphatic heterocycles. The normalized spacial score (nSPS) is 13.2. The number of hydrogen-bond donors (Lipinski definition) is 1. The summed E-state index contributed by atoms with van der Waals surface area (Å²) in [4.78, 5) is 14.9. The number of Topliss-reactive ketones (excluding diaryl/α,β-unsaturated/α-hetero) is 1. The van der Waals surface area contributed by atoms with Crippen LogP contribution >= 0.6 is 0 Å². The van der Waals surface area contributed by atoms with Crippen molar-refractivity contribution in [3.63, 3.8) is 0 Å². The van der Waals surface area contributed by atoms with Gasteiger partial charge in [0.15, 0.2) is 5.78 Å². The third-order valence-electron chi connectivity index (χ3n) is 5.65. The third-order valence-corrected chi connectivity index (χ3v) is 5.65. The van der Waals surface area contributed by atoms with E-state index in [0.717, 1.165) is 30.5 Å². The van der Waals surface area contributed by atoms with Crippen molar-refractivity contribution >= 4 is 5.78 Å². The number of ketones is 1. The van der Waals surface area contributed by atoms with Crippen molar-refractivity contribution in [1.29, 1.82) is 0 Å². The summed E-state index contributed by atoms with van der Waals surface area (Å²) in [6.45, 7) is 3.52. The first-order valence-corrected chi connectivity index (χ1v) is 10.7. The minimum atomic E-state index is -0.588. The zero-order valence-corrected chi connectivity index (χ0v) is 17.7. The van der Waals surface area contributed by atoms with Crippen LogP contribution in [0.25, 0.3) is 0 Å². The maximum Gasteiger partial charge on any atom is 0.164 e. The SMILES string of the molecule is CC(C(O)c1ccccc1)N(CCCc1ccccc1)CCC(=O)c1ccccc1. The summed E-state index contributed by atoms with van der Waals surface area (Å²) in [6.07, 6.45) is 1.82. The second-order valence-electron chi connectivity index (χ2n) is 7.76. The van der Waals surface area contributed by atoms with Crippen LogP contribution in [0, 0.1) is 0 Å². The minimum absolute atomic E-state index is 0.0771. The van der Waals surface area contributed by atoms with Crippen molar-refractivity contribution < 1.29 is 9.90 Å². The van der Waals surface area contributed by atoms with E-state index < -0.39 is 6.10 Å². The van der Waals surface area contributed by atoms with Gasteiger partial charge in [-0.15, -0.1) is 0 Å². The van der Waals surface area contributed by atoms with Crippen LogP contribution in [-0.2, 0) is 6.42 Å². The summed E-state index contributed by atoms with van der Waals surface area (Å²) in [5.41, 5.74) is 2.97. The number of rotatable bonds is 11. The van der Waals surface area contributed by atoms with Gasteiger partial charge in [-0.25, -0.2) is 0 Å². The molecule has 0 aliphatic carbocycles. The highest BCUT2D eigenvalue weighted by Crippen LogP contribution is 2.22. The molecule has 2 unspecified atom stereocenters. The fourth-order valence-electron chi connectivity index (χ4n) is 3.79. The Labute approximate surface area is 180 Å². The Kier molecular flexibility index (Phi) is 8.37.